The van der Waals surface area contributed by atoms with Gasteiger partial charge in [-0.05, 0) is 5.56 Å². The second-order valence-corrected chi connectivity index (χ2v) is 4.93. The maximum absolute atomic E-state index is 11.8. The van der Waals surface area contributed by atoms with Gasteiger partial charge >= 0.3 is 0 Å². The van der Waals surface area contributed by atoms with Crippen LogP contribution in [0, 0.1) is 0 Å². The number of hydrogen-bond acceptors (Lipinski definition) is 3. The minimum Gasteiger partial charge on any atom is -0.370 e. The van der Waals surface area contributed by atoms with Crippen LogP contribution in [0.2, 0.25) is 0 Å². The molecule has 110 valence electrons. The number of nitrogens with zero attached hydrogens (tertiary/aromatic N) is 1. The maximum atomic E-state index is 11.8. The second kappa shape index (κ2) is 6.83. The van der Waals surface area contributed by atoms with Gasteiger partial charge in [-0.1, -0.05) is 60.7 Å². The number of nitrogens with one attached hydrogen (secondary N) is 1. The molecular formula is C18H16N2O2. The molecule has 3 aromatic rings. The molecule has 0 unspecified atom stereocenters. The van der Waals surface area contributed by atoms with Gasteiger partial charge in [0.25, 0.3) is 5.56 Å². The van der Waals surface area contributed by atoms with Gasteiger partial charge in [-0.15, -0.1) is 0 Å². The molecule has 0 amide bonds. The van der Waals surface area contributed by atoms with Crippen LogP contribution in [0.5, 0.6) is 0 Å². The highest BCUT2D eigenvalue weighted by molar-refractivity contribution is 5.54. The van der Waals surface area contributed by atoms with Gasteiger partial charge in [0, 0.05) is 11.6 Å². The zero-order chi connectivity index (χ0) is 15.2. The predicted octanol–water partition coefficient (Wildman–Crippen LogP) is 3.15. The van der Waals surface area contributed by atoms with E-state index in [2.05, 4.69) is 9.97 Å². The van der Waals surface area contributed by atoms with Crippen LogP contribution in [0.15, 0.2) is 71.5 Å². The molecule has 0 aliphatic carbocycles. The van der Waals surface area contributed by atoms with Crippen LogP contribution in [-0.4, -0.2) is 9.97 Å². The Morgan fingerprint density at radius 1 is 0.909 bits per heavy atom. The Labute approximate surface area is 128 Å². The van der Waals surface area contributed by atoms with Gasteiger partial charge in [-0.3, -0.25) is 4.79 Å². The van der Waals surface area contributed by atoms with Crippen LogP contribution in [0.4, 0.5) is 0 Å². The van der Waals surface area contributed by atoms with E-state index in [0.29, 0.717) is 24.7 Å². The maximum Gasteiger partial charge on any atom is 0.251 e. The number of hydrogen-bond donors (Lipinski definition) is 1. The lowest BCUT2D eigenvalue weighted by atomic mass is 10.2. The Balaban J connectivity index is 1.72. The van der Waals surface area contributed by atoms with Crippen LogP contribution < -0.4 is 5.56 Å². The number of benzene rings is 2. The lowest BCUT2D eigenvalue weighted by molar-refractivity contribution is 0.104. The van der Waals surface area contributed by atoms with E-state index in [1.54, 1.807) is 0 Å². The molecule has 0 saturated heterocycles. The smallest absolute Gasteiger partial charge is 0.251 e. The summed E-state index contributed by atoms with van der Waals surface area (Å²) in [6, 6.07) is 20.9. The summed E-state index contributed by atoms with van der Waals surface area (Å²) in [5, 5.41) is 0. The molecule has 0 bridgehead atoms. The average Bonchev–Trinajstić information content (AvgIpc) is 2.56. The van der Waals surface area contributed by atoms with Gasteiger partial charge in [0.05, 0.1) is 18.9 Å². The number of aromatic nitrogens is 2. The van der Waals surface area contributed by atoms with Crippen molar-refractivity contribution in [2.75, 3.05) is 0 Å². The highest BCUT2D eigenvalue weighted by Gasteiger charge is 2.04. The molecule has 22 heavy (non-hydrogen) atoms. The molecule has 2 aromatic carbocycles. The Hall–Kier alpha value is -2.72. The van der Waals surface area contributed by atoms with Gasteiger partial charge < -0.3 is 9.72 Å². The molecule has 1 N–H and O–H groups in total. The van der Waals surface area contributed by atoms with Crippen LogP contribution in [0.1, 0.15) is 11.3 Å². The number of H-pyrrole nitrogens is 1. The minimum atomic E-state index is -0.174. The van der Waals surface area contributed by atoms with Gasteiger partial charge in [0.2, 0.25) is 0 Å². The third-order valence-electron chi connectivity index (χ3n) is 3.20. The van der Waals surface area contributed by atoms with Crippen molar-refractivity contribution in [3.63, 3.8) is 0 Å². The Kier molecular flexibility index (Phi) is 4.41. The molecule has 0 aliphatic heterocycles. The van der Waals surface area contributed by atoms with Crippen molar-refractivity contribution >= 4 is 0 Å². The lowest BCUT2D eigenvalue weighted by Crippen LogP contribution is -2.11. The quantitative estimate of drug-likeness (QED) is 0.786. The molecule has 0 atom stereocenters. The molecule has 4 heteroatoms. The summed E-state index contributed by atoms with van der Waals surface area (Å²) in [7, 11) is 0. The van der Waals surface area contributed by atoms with E-state index in [0.717, 1.165) is 11.1 Å². The van der Waals surface area contributed by atoms with E-state index in [1.165, 1.54) is 6.07 Å². The first-order valence-corrected chi connectivity index (χ1v) is 7.08. The largest absolute Gasteiger partial charge is 0.370 e. The summed E-state index contributed by atoms with van der Waals surface area (Å²) in [5.41, 5.74) is 2.42. The molecule has 0 spiro atoms. The number of rotatable bonds is 5. The molecule has 4 nitrogen and oxygen atoms in total. The van der Waals surface area contributed by atoms with Gasteiger partial charge in [-0.2, -0.15) is 0 Å². The third kappa shape index (κ3) is 3.68. The van der Waals surface area contributed by atoms with E-state index in [1.807, 2.05) is 60.7 Å². The zero-order valence-electron chi connectivity index (χ0n) is 12.0. The van der Waals surface area contributed by atoms with E-state index >= 15 is 0 Å². The van der Waals surface area contributed by atoms with Crippen molar-refractivity contribution in [2.24, 2.45) is 0 Å². The van der Waals surface area contributed by atoms with Gasteiger partial charge in [0.15, 0.2) is 0 Å². The van der Waals surface area contributed by atoms with Crippen molar-refractivity contribution in [1.82, 2.24) is 9.97 Å². The first-order chi connectivity index (χ1) is 10.8. The van der Waals surface area contributed by atoms with Crippen molar-refractivity contribution in [3.05, 3.63) is 88.3 Å². The molecular weight excluding hydrogens is 276 g/mol. The molecule has 0 aliphatic rings. The van der Waals surface area contributed by atoms with Crippen molar-refractivity contribution < 1.29 is 4.74 Å². The summed E-state index contributed by atoms with van der Waals surface area (Å²) in [4.78, 5) is 19.0. The highest BCUT2D eigenvalue weighted by Crippen LogP contribution is 2.13. The third-order valence-corrected chi connectivity index (χ3v) is 3.20. The summed E-state index contributed by atoms with van der Waals surface area (Å²) < 4.78 is 5.64. The fourth-order valence-corrected chi connectivity index (χ4v) is 2.16. The molecule has 0 radical (unpaired) electrons. The predicted molar refractivity (Wildman–Crippen MR) is 85.2 cm³/mol. The topological polar surface area (TPSA) is 55.0 Å². The van der Waals surface area contributed by atoms with E-state index < -0.39 is 0 Å². The number of aromatic amines is 1. The average molecular weight is 292 g/mol. The Bertz CT molecular complexity index is 783. The van der Waals surface area contributed by atoms with Crippen LogP contribution in [-0.2, 0) is 18.0 Å². The minimum absolute atomic E-state index is 0.174. The monoisotopic (exact) mass is 292 g/mol. The number of ether oxygens (including phenoxy) is 1. The molecule has 0 fully saturated rings. The molecule has 0 saturated carbocycles. The Morgan fingerprint density at radius 2 is 1.59 bits per heavy atom. The second-order valence-electron chi connectivity index (χ2n) is 4.93. The van der Waals surface area contributed by atoms with E-state index in [4.69, 9.17) is 4.74 Å². The summed E-state index contributed by atoms with van der Waals surface area (Å²) in [5.74, 6) is 0.561. The Morgan fingerprint density at radius 3 is 2.32 bits per heavy atom. The SMILES string of the molecule is O=c1cc(COCc2ccccc2)nc(-c2ccccc2)[nH]1. The van der Waals surface area contributed by atoms with Gasteiger partial charge in [0.1, 0.15) is 5.82 Å². The fourth-order valence-electron chi connectivity index (χ4n) is 2.16. The summed E-state index contributed by atoms with van der Waals surface area (Å²) >= 11 is 0. The lowest BCUT2D eigenvalue weighted by Gasteiger charge is -2.06. The van der Waals surface area contributed by atoms with Crippen molar-refractivity contribution in [2.45, 2.75) is 13.2 Å². The first-order valence-electron chi connectivity index (χ1n) is 7.08. The zero-order valence-corrected chi connectivity index (χ0v) is 12.0. The van der Waals surface area contributed by atoms with Crippen molar-refractivity contribution in [1.29, 1.82) is 0 Å². The molecule has 1 heterocycles. The van der Waals surface area contributed by atoms with Gasteiger partial charge in [-0.25, -0.2) is 4.98 Å². The first kappa shape index (κ1) is 14.2. The highest BCUT2D eigenvalue weighted by atomic mass is 16.5. The summed E-state index contributed by atoms with van der Waals surface area (Å²) in [6.45, 7) is 0.800. The summed E-state index contributed by atoms with van der Waals surface area (Å²) in [6.07, 6.45) is 0. The van der Waals surface area contributed by atoms with Crippen LogP contribution in [0.25, 0.3) is 11.4 Å². The van der Waals surface area contributed by atoms with E-state index in [9.17, 15) is 4.79 Å². The van der Waals surface area contributed by atoms with Crippen molar-refractivity contribution in [3.8, 4) is 11.4 Å². The molecule has 3 rings (SSSR count). The van der Waals surface area contributed by atoms with E-state index in [-0.39, 0.29) is 5.56 Å². The standard InChI is InChI=1S/C18H16N2O2/c21-17-11-16(13-22-12-14-7-3-1-4-8-14)19-18(20-17)15-9-5-2-6-10-15/h1-11H,12-13H2,(H,19,20,21). The molecule has 1 aromatic heterocycles. The van der Waals surface area contributed by atoms with Crippen LogP contribution in [0.3, 0.4) is 0 Å². The normalized spacial score (nSPS) is 10.5. The van der Waals surface area contributed by atoms with Crippen LogP contribution >= 0.6 is 0 Å². The fraction of sp³-hybridized carbons (Fsp3) is 0.111.